The van der Waals surface area contributed by atoms with E-state index in [2.05, 4.69) is 0 Å². The first kappa shape index (κ1) is 18.5. The highest BCUT2D eigenvalue weighted by atomic mass is 16.6. The van der Waals surface area contributed by atoms with Gasteiger partial charge in [0.15, 0.2) is 16.9 Å². The van der Waals surface area contributed by atoms with Crippen LogP contribution in [-0.4, -0.2) is 50.5 Å². The second-order valence-electron chi connectivity index (χ2n) is 6.96. The predicted molar refractivity (Wildman–Crippen MR) is 107 cm³/mol. The van der Waals surface area contributed by atoms with E-state index in [0.717, 1.165) is 0 Å². The van der Waals surface area contributed by atoms with E-state index in [1.165, 1.54) is 6.26 Å². The second-order valence-corrected chi connectivity index (χ2v) is 6.96. The lowest BCUT2D eigenvalue weighted by Crippen LogP contribution is -2.42. The second kappa shape index (κ2) is 7.72. The fourth-order valence-corrected chi connectivity index (χ4v) is 3.49. The lowest BCUT2D eigenvalue weighted by Gasteiger charge is -2.25. The van der Waals surface area contributed by atoms with Gasteiger partial charge in [-0.1, -0.05) is 6.07 Å². The van der Waals surface area contributed by atoms with E-state index < -0.39 is 6.09 Å². The highest BCUT2D eigenvalue weighted by molar-refractivity contribution is 5.83. The summed E-state index contributed by atoms with van der Waals surface area (Å²) in [6.45, 7) is 2.92. The molecule has 1 fully saturated rings. The maximum atomic E-state index is 13.0. The van der Waals surface area contributed by atoms with E-state index in [1.807, 2.05) is 0 Å². The molecule has 0 spiro atoms. The highest BCUT2D eigenvalue weighted by Crippen LogP contribution is 2.34. The monoisotopic (exact) mass is 409 g/mol. The Morgan fingerprint density at radius 2 is 1.73 bits per heavy atom. The topological polar surface area (TPSA) is 87.4 Å². The van der Waals surface area contributed by atoms with Crippen molar-refractivity contribution in [2.45, 2.75) is 0 Å². The Hall–Kier alpha value is -3.52. The fourth-order valence-electron chi connectivity index (χ4n) is 3.49. The van der Waals surface area contributed by atoms with Crippen LogP contribution in [0.1, 0.15) is 0 Å². The first-order valence-electron chi connectivity index (χ1n) is 9.69. The van der Waals surface area contributed by atoms with Crippen molar-refractivity contribution >= 4 is 17.1 Å². The van der Waals surface area contributed by atoms with Crippen molar-refractivity contribution < 1.29 is 28.2 Å². The number of benzene rings is 2. The summed E-state index contributed by atoms with van der Waals surface area (Å²) in [7, 11) is 0. The first-order chi connectivity index (χ1) is 14.7. The van der Waals surface area contributed by atoms with Crippen LogP contribution in [0.15, 0.2) is 51.9 Å². The maximum Gasteiger partial charge on any atom is 0.415 e. The zero-order valence-electron chi connectivity index (χ0n) is 16.1. The molecule has 2 aromatic carbocycles. The Bertz CT molecular complexity index is 1160. The van der Waals surface area contributed by atoms with Gasteiger partial charge in [0.2, 0.25) is 0 Å². The molecular weight excluding hydrogens is 390 g/mol. The molecule has 154 valence electrons. The number of rotatable bonds is 2. The van der Waals surface area contributed by atoms with Crippen molar-refractivity contribution in [2.24, 2.45) is 0 Å². The van der Waals surface area contributed by atoms with Gasteiger partial charge in [-0.05, 0) is 29.8 Å². The van der Waals surface area contributed by atoms with Gasteiger partial charge in [0.25, 0.3) is 0 Å². The molecule has 8 heteroatoms. The molecule has 3 heterocycles. The number of hydrogen-bond acceptors (Lipinski definition) is 7. The number of fused-ring (bicyclic) bond motifs is 2. The lowest BCUT2D eigenvalue weighted by atomic mass is 10.0. The molecule has 0 bridgehead atoms. The molecule has 0 unspecified atom stereocenters. The van der Waals surface area contributed by atoms with E-state index in [0.29, 0.717) is 78.9 Å². The van der Waals surface area contributed by atoms with Gasteiger partial charge in [-0.15, -0.1) is 0 Å². The number of morpholine rings is 1. The zero-order chi connectivity index (χ0) is 20.5. The van der Waals surface area contributed by atoms with Crippen LogP contribution >= 0.6 is 0 Å². The smallest absolute Gasteiger partial charge is 0.415 e. The minimum absolute atomic E-state index is 0.181. The van der Waals surface area contributed by atoms with Gasteiger partial charge in [-0.2, -0.15) is 0 Å². The van der Waals surface area contributed by atoms with Crippen LogP contribution in [0, 0.1) is 0 Å². The molecule has 0 N–H and O–H groups in total. The summed E-state index contributed by atoms with van der Waals surface area (Å²) in [5.74, 6) is 1.57. The van der Waals surface area contributed by atoms with Crippen molar-refractivity contribution in [3.8, 4) is 28.4 Å². The van der Waals surface area contributed by atoms with Crippen molar-refractivity contribution in [1.29, 1.82) is 0 Å². The Morgan fingerprint density at radius 1 is 0.933 bits per heavy atom. The summed E-state index contributed by atoms with van der Waals surface area (Å²) >= 11 is 0. The molecule has 5 rings (SSSR count). The third-order valence-corrected chi connectivity index (χ3v) is 5.07. The number of hydrogen-bond donors (Lipinski definition) is 0. The predicted octanol–water partition coefficient (Wildman–Crippen LogP) is 3.06. The van der Waals surface area contributed by atoms with E-state index in [4.69, 9.17) is 23.4 Å². The summed E-state index contributed by atoms with van der Waals surface area (Å²) in [4.78, 5) is 26.9. The molecule has 1 aromatic heterocycles. The third-order valence-electron chi connectivity index (χ3n) is 5.07. The van der Waals surface area contributed by atoms with E-state index >= 15 is 0 Å². The Labute approximate surface area is 171 Å². The minimum Gasteiger partial charge on any atom is -0.486 e. The van der Waals surface area contributed by atoms with E-state index in [-0.39, 0.29) is 5.43 Å². The van der Waals surface area contributed by atoms with Gasteiger partial charge >= 0.3 is 6.09 Å². The van der Waals surface area contributed by atoms with Crippen LogP contribution in [0.2, 0.25) is 0 Å². The normalized spacial score (nSPS) is 15.8. The average molecular weight is 409 g/mol. The van der Waals surface area contributed by atoms with Crippen LogP contribution in [0.5, 0.6) is 17.2 Å². The molecule has 8 nitrogen and oxygen atoms in total. The van der Waals surface area contributed by atoms with Crippen LogP contribution < -0.4 is 19.6 Å². The molecule has 2 aliphatic rings. The van der Waals surface area contributed by atoms with Gasteiger partial charge in [-0.3, -0.25) is 4.79 Å². The summed E-state index contributed by atoms with van der Waals surface area (Å²) < 4.78 is 27.5. The number of carbonyl (C=O) groups is 1. The van der Waals surface area contributed by atoms with Crippen LogP contribution in [0.3, 0.4) is 0 Å². The van der Waals surface area contributed by atoms with Crippen LogP contribution in [0.25, 0.3) is 22.1 Å². The summed E-state index contributed by atoms with van der Waals surface area (Å²) in [5, 5.41) is 0.397. The Kier molecular flexibility index (Phi) is 4.76. The number of nitrogens with zero attached hydrogens (tertiary/aromatic N) is 1. The SMILES string of the molecule is O=C(Oc1ccc2c(=O)c(-c3ccc4c(c3)OCCO4)coc2c1)N1CCOCC1. The van der Waals surface area contributed by atoms with Gasteiger partial charge < -0.3 is 28.3 Å². The minimum atomic E-state index is -0.451. The summed E-state index contributed by atoms with van der Waals surface area (Å²) in [6, 6.07) is 10.1. The Balaban J connectivity index is 1.43. The molecule has 0 saturated carbocycles. The molecule has 1 saturated heterocycles. The van der Waals surface area contributed by atoms with Gasteiger partial charge in [-0.25, -0.2) is 4.79 Å². The molecule has 0 atom stereocenters. The van der Waals surface area contributed by atoms with Crippen molar-refractivity contribution in [3.05, 3.63) is 52.9 Å². The molecular formula is C22H19NO7. The van der Waals surface area contributed by atoms with Gasteiger partial charge in [0.05, 0.1) is 24.2 Å². The van der Waals surface area contributed by atoms with E-state index in [9.17, 15) is 9.59 Å². The summed E-state index contributed by atoms with van der Waals surface area (Å²) in [5.41, 5.74) is 1.25. The largest absolute Gasteiger partial charge is 0.486 e. The van der Waals surface area contributed by atoms with Crippen LogP contribution in [0.4, 0.5) is 4.79 Å². The first-order valence-corrected chi connectivity index (χ1v) is 9.69. The van der Waals surface area contributed by atoms with Crippen molar-refractivity contribution in [2.75, 3.05) is 39.5 Å². The van der Waals surface area contributed by atoms with Gasteiger partial charge in [0, 0.05) is 19.2 Å². The fraction of sp³-hybridized carbons (Fsp3) is 0.273. The summed E-state index contributed by atoms with van der Waals surface area (Å²) in [6.07, 6.45) is 0.955. The quantitative estimate of drug-likeness (QED) is 0.643. The molecule has 1 amide bonds. The van der Waals surface area contributed by atoms with Crippen LogP contribution in [-0.2, 0) is 4.74 Å². The van der Waals surface area contributed by atoms with Gasteiger partial charge in [0.1, 0.15) is 30.8 Å². The molecule has 30 heavy (non-hydrogen) atoms. The van der Waals surface area contributed by atoms with Crippen molar-refractivity contribution in [3.63, 3.8) is 0 Å². The Morgan fingerprint density at radius 3 is 2.57 bits per heavy atom. The number of ether oxygens (including phenoxy) is 4. The molecule has 0 aliphatic carbocycles. The highest BCUT2D eigenvalue weighted by Gasteiger charge is 2.20. The lowest BCUT2D eigenvalue weighted by molar-refractivity contribution is 0.0416. The standard InChI is InChI=1S/C22H19NO7/c24-21-16-3-2-15(30-22(25)23-5-7-26-8-6-23)12-19(16)29-13-17(21)14-1-4-18-20(11-14)28-10-9-27-18/h1-4,11-13H,5-10H2. The van der Waals surface area contributed by atoms with E-state index in [1.54, 1.807) is 41.3 Å². The van der Waals surface area contributed by atoms with Crippen molar-refractivity contribution in [1.82, 2.24) is 4.90 Å². The zero-order valence-corrected chi connectivity index (χ0v) is 16.1. The maximum absolute atomic E-state index is 13.0. The molecule has 2 aliphatic heterocycles. The number of carbonyl (C=O) groups excluding carboxylic acids is 1. The third kappa shape index (κ3) is 3.46. The molecule has 3 aromatic rings. The molecule has 0 radical (unpaired) electrons. The number of amides is 1. The average Bonchev–Trinajstić information content (AvgIpc) is 2.79.